The Bertz CT molecular complexity index is 213. The van der Waals surface area contributed by atoms with Gasteiger partial charge in [-0.05, 0) is 19.8 Å². The highest BCUT2D eigenvalue weighted by atomic mass is 15.2. The zero-order valence-corrected chi connectivity index (χ0v) is 6.82. The molecule has 0 aliphatic heterocycles. The van der Waals surface area contributed by atoms with Crippen LogP contribution >= 0.6 is 0 Å². The Morgan fingerprint density at radius 2 is 2.09 bits per heavy atom. The van der Waals surface area contributed by atoms with Gasteiger partial charge in [0.15, 0.2) is 0 Å². The highest BCUT2D eigenvalue weighted by Gasteiger charge is 1.90. The summed E-state index contributed by atoms with van der Waals surface area (Å²) in [4.78, 5) is 0. The highest BCUT2D eigenvalue weighted by Crippen LogP contribution is 2.01. The van der Waals surface area contributed by atoms with E-state index in [-0.39, 0.29) is 0 Å². The second-order valence-electron chi connectivity index (χ2n) is 2.76. The maximum atomic E-state index is 3.83. The smallest absolute Gasteiger partial charge is 0.119 e. The number of nitrogens with zero attached hydrogens (tertiary/aromatic N) is 3. The van der Waals surface area contributed by atoms with Crippen LogP contribution in [0.1, 0.15) is 19.8 Å². The van der Waals surface area contributed by atoms with Gasteiger partial charge in [-0.2, -0.15) is 0 Å². The highest BCUT2D eigenvalue weighted by molar-refractivity contribution is 4.87. The molecule has 0 radical (unpaired) electrons. The van der Waals surface area contributed by atoms with Crippen LogP contribution in [0, 0.1) is 0 Å². The molecule has 1 rings (SSSR count). The van der Waals surface area contributed by atoms with Crippen LogP contribution in [-0.2, 0) is 6.54 Å². The standard InChI is InChI=1S/C8H13N3/c1-8(2)4-3-5-11-6-9-10-7-11/h6-7H,1,3-5H2,2H3. The normalized spacial score (nSPS) is 9.91. The lowest BCUT2D eigenvalue weighted by Gasteiger charge is -1.99. The summed E-state index contributed by atoms with van der Waals surface area (Å²) in [6.45, 7) is 6.87. The molecule has 0 aromatic carbocycles. The van der Waals surface area contributed by atoms with Gasteiger partial charge in [-0.15, -0.1) is 16.8 Å². The summed E-state index contributed by atoms with van der Waals surface area (Å²) in [5, 5.41) is 7.42. The average molecular weight is 151 g/mol. The summed E-state index contributed by atoms with van der Waals surface area (Å²) < 4.78 is 1.98. The van der Waals surface area contributed by atoms with Gasteiger partial charge in [0.1, 0.15) is 12.7 Å². The Morgan fingerprint density at radius 3 is 2.64 bits per heavy atom. The van der Waals surface area contributed by atoms with Crippen LogP contribution < -0.4 is 0 Å². The molecule has 1 aromatic rings. The number of aromatic nitrogens is 3. The number of hydrogen-bond acceptors (Lipinski definition) is 2. The third kappa shape index (κ3) is 2.98. The van der Waals surface area contributed by atoms with E-state index in [0.717, 1.165) is 19.4 Å². The number of hydrogen-bond donors (Lipinski definition) is 0. The molecule has 1 heterocycles. The number of rotatable bonds is 4. The van der Waals surface area contributed by atoms with Crippen LogP contribution in [0.5, 0.6) is 0 Å². The van der Waals surface area contributed by atoms with Crippen molar-refractivity contribution in [2.75, 3.05) is 0 Å². The van der Waals surface area contributed by atoms with Gasteiger partial charge in [-0.1, -0.05) is 5.57 Å². The van der Waals surface area contributed by atoms with Gasteiger partial charge >= 0.3 is 0 Å². The SMILES string of the molecule is C=C(C)CCCn1cnnc1. The summed E-state index contributed by atoms with van der Waals surface area (Å²) in [5.41, 5.74) is 1.23. The summed E-state index contributed by atoms with van der Waals surface area (Å²) in [6, 6.07) is 0. The molecule has 11 heavy (non-hydrogen) atoms. The molecule has 0 N–H and O–H groups in total. The molecule has 0 bridgehead atoms. The van der Waals surface area contributed by atoms with Crippen molar-refractivity contribution in [1.82, 2.24) is 14.8 Å². The number of aryl methyl sites for hydroxylation is 1. The quantitative estimate of drug-likeness (QED) is 0.612. The Morgan fingerprint density at radius 1 is 1.45 bits per heavy atom. The lowest BCUT2D eigenvalue weighted by Crippen LogP contribution is -1.93. The minimum absolute atomic E-state index is 0.986. The fourth-order valence-corrected chi connectivity index (χ4v) is 0.901. The third-order valence-corrected chi connectivity index (χ3v) is 1.49. The predicted octanol–water partition coefficient (Wildman–Crippen LogP) is 1.63. The molecule has 0 spiro atoms. The second kappa shape index (κ2) is 3.91. The molecule has 0 unspecified atom stereocenters. The lowest BCUT2D eigenvalue weighted by atomic mass is 10.2. The largest absolute Gasteiger partial charge is 0.320 e. The van der Waals surface area contributed by atoms with Crippen molar-refractivity contribution < 1.29 is 0 Å². The van der Waals surface area contributed by atoms with E-state index in [9.17, 15) is 0 Å². The second-order valence-corrected chi connectivity index (χ2v) is 2.76. The molecule has 0 atom stereocenters. The van der Waals surface area contributed by atoms with Crippen molar-refractivity contribution in [3.05, 3.63) is 24.8 Å². The molecule has 1 aromatic heterocycles. The Kier molecular flexibility index (Phi) is 2.83. The minimum atomic E-state index is 0.986. The van der Waals surface area contributed by atoms with Gasteiger partial charge in [0.2, 0.25) is 0 Å². The first-order valence-corrected chi connectivity index (χ1v) is 3.76. The molecule has 3 nitrogen and oxygen atoms in total. The van der Waals surface area contributed by atoms with E-state index in [1.165, 1.54) is 5.57 Å². The van der Waals surface area contributed by atoms with Crippen molar-refractivity contribution in [2.45, 2.75) is 26.3 Å². The van der Waals surface area contributed by atoms with E-state index in [1.54, 1.807) is 12.7 Å². The summed E-state index contributed by atoms with van der Waals surface area (Å²) in [6.07, 6.45) is 5.67. The van der Waals surface area contributed by atoms with Crippen LogP contribution in [0.4, 0.5) is 0 Å². The van der Waals surface area contributed by atoms with Crippen molar-refractivity contribution in [1.29, 1.82) is 0 Å². The Balaban J connectivity index is 2.19. The molecule has 0 saturated carbocycles. The van der Waals surface area contributed by atoms with Gasteiger partial charge in [0.05, 0.1) is 0 Å². The van der Waals surface area contributed by atoms with Crippen molar-refractivity contribution in [3.63, 3.8) is 0 Å². The minimum Gasteiger partial charge on any atom is -0.320 e. The van der Waals surface area contributed by atoms with Crippen LogP contribution in [0.3, 0.4) is 0 Å². The molecule has 60 valence electrons. The van der Waals surface area contributed by atoms with Crippen LogP contribution in [0.2, 0.25) is 0 Å². The lowest BCUT2D eigenvalue weighted by molar-refractivity contribution is 0.638. The summed E-state index contributed by atoms with van der Waals surface area (Å²) >= 11 is 0. The first-order chi connectivity index (χ1) is 5.29. The van der Waals surface area contributed by atoms with E-state index >= 15 is 0 Å². The molecule has 3 heteroatoms. The van der Waals surface area contributed by atoms with Crippen LogP contribution in [-0.4, -0.2) is 14.8 Å². The van der Waals surface area contributed by atoms with E-state index < -0.39 is 0 Å². The molecule has 0 amide bonds. The fourth-order valence-electron chi connectivity index (χ4n) is 0.901. The van der Waals surface area contributed by atoms with Crippen LogP contribution in [0.25, 0.3) is 0 Å². The van der Waals surface area contributed by atoms with Crippen LogP contribution in [0.15, 0.2) is 24.8 Å². The molecule has 0 fully saturated rings. The topological polar surface area (TPSA) is 30.7 Å². The van der Waals surface area contributed by atoms with E-state index in [1.807, 2.05) is 11.5 Å². The molecular weight excluding hydrogens is 138 g/mol. The Labute approximate surface area is 66.8 Å². The third-order valence-electron chi connectivity index (χ3n) is 1.49. The monoisotopic (exact) mass is 151 g/mol. The van der Waals surface area contributed by atoms with Gasteiger partial charge in [-0.25, -0.2) is 0 Å². The predicted molar refractivity (Wildman–Crippen MR) is 44.1 cm³/mol. The molecule has 0 aliphatic carbocycles. The zero-order valence-electron chi connectivity index (χ0n) is 6.82. The van der Waals surface area contributed by atoms with Gasteiger partial charge in [-0.3, -0.25) is 0 Å². The Hall–Kier alpha value is -1.12. The fraction of sp³-hybridized carbons (Fsp3) is 0.500. The maximum Gasteiger partial charge on any atom is 0.119 e. The number of allylic oxidation sites excluding steroid dienone is 1. The molecular formula is C8H13N3. The van der Waals surface area contributed by atoms with Crippen molar-refractivity contribution in [3.8, 4) is 0 Å². The average Bonchev–Trinajstić information content (AvgIpc) is 2.39. The first-order valence-electron chi connectivity index (χ1n) is 3.76. The van der Waals surface area contributed by atoms with Gasteiger partial charge in [0.25, 0.3) is 0 Å². The van der Waals surface area contributed by atoms with Gasteiger partial charge in [0, 0.05) is 6.54 Å². The maximum absolute atomic E-state index is 3.83. The van der Waals surface area contributed by atoms with E-state index in [2.05, 4.69) is 16.8 Å². The molecule has 0 saturated heterocycles. The van der Waals surface area contributed by atoms with E-state index in [4.69, 9.17) is 0 Å². The molecule has 0 aliphatic rings. The van der Waals surface area contributed by atoms with Crippen molar-refractivity contribution in [2.24, 2.45) is 0 Å². The summed E-state index contributed by atoms with van der Waals surface area (Å²) in [5.74, 6) is 0. The zero-order chi connectivity index (χ0) is 8.10. The van der Waals surface area contributed by atoms with Gasteiger partial charge < -0.3 is 4.57 Å². The first kappa shape index (κ1) is 7.98. The van der Waals surface area contributed by atoms with E-state index in [0.29, 0.717) is 0 Å². The van der Waals surface area contributed by atoms with Crippen molar-refractivity contribution >= 4 is 0 Å². The summed E-state index contributed by atoms with van der Waals surface area (Å²) in [7, 11) is 0.